The Balaban J connectivity index is 1.24. The van der Waals surface area contributed by atoms with Crippen LogP contribution in [0.25, 0.3) is 22.0 Å². The van der Waals surface area contributed by atoms with E-state index in [1.807, 2.05) is 12.1 Å². The van der Waals surface area contributed by atoms with Crippen LogP contribution >= 0.6 is 0 Å². The second-order valence-corrected chi connectivity index (χ2v) is 13.0. The highest BCUT2D eigenvalue weighted by Gasteiger charge is 2.46. The lowest BCUT2D eigenvalue weighted by molar-refractivity contribution is -0.139. The molecule has 0 unspecified atom stereocenters. The highest BCUT2D eigenvalue weighted by Crippen LogP contribution is 2.42. The predicted octanol–water partition coefficient (Wildman–Crippen LogP) is 3.75. The molecule has 1 aromatic carbocycles. The molecule has 1 spiro atoms. The number of rotatable bonds is 8. The summed E-state index contributed by atoms with van der Waals surface area (Å²) < 4.78 is 61.9. The van der Waals surface area contributed by atoms with Gasteiger partial charge in [0, 0.05) is 54.8 Å². The maximum atomic E-state index is 14.3. The van der Waals surface area contributed by atoms with E-state index in [-0.39, 0.29) is 28.7 Å². The van der Waals surface area contributed by atoms with Crippen LogP contribution in [0.15, 0.2) is 66.2 Å². The average Bonchev–Trinajstić information content (AvgIpc) is 3.01. The van der Waals surface area contributed by atoms with Crippen molar-refractivity contribution in [1.29, 1.82) is 0 Å². The summed E-state index contributed by atoms with van der Waals surface area (Å²) >= 11 is 0. The summed E-state index contributed by atoms with van der Waals surface area (Å²) in [7, 11) is -3.42. The van der Waals surface area contributed by atoms with E-state index < -0.39 is 26.6 Å². The highest BCUT2D eigenvalue weighted by molar-refractivity contribution is 7.92. The van der Waals surface area contributed by atoms with Crippen LogP contribution in [0, 0.1) is 17.0 Å². The van der Waals surface area contributed by atoms with E-state index in [0.717, 1.165) is 37.1 Å². The summed E-state index contributed by atoms with van der Waals surface area (Å²) in [6, 6.07) is 6.96. The van der Waals surface area contributed by atoms with Crippen molar-refractivity contribution < 1.29 is 31.5 Å². The van der Waals surface area contributed by atoms with Gasteiger partial charge in [0.15, 0.2) is 22.3 Å². The quantitative estimate of drug-likeness (QED) is 0.280. The third-order valence-electron chi connectivity index (χ3n) is 8.26. The molecular weight excluding hydrogens is 620 g/mol. The molecule has 1 N–H and O–H groups in total. The molecule has 1 amide bonds. The summed E-state index contributed by atoms with van der Waals surface area (Å²) in [4.78, 5) is 42.8. The number of piperidine rings is 1. The van der Waals surface area contributed by atoms with Crippen LogP contribution in [0.4, 0.5) is 20.3 Å². The van der Waals surface area contributed by atoms with Gasteiger partial charge in [-0.25, -0.2) is 32.2 Å². The molecule has 46 heavy (non-hydrogen) atoms. The Bertz CT molecular complexity index is 1970. The van der Waals surface area contributed by atoms with Crippen LogP contribution < -0.4 is 14.4 Å². The number of likely N-dealkylation sites (tertiary alicyclic amines) is 1. The van der Waals surface area contributed by atoms with Gasteiger partial charge in [-0.15, -0.1) is 0 Å². The Morgan fingerprint density at radius 2 is 1.70 bits per heavy atom. The number of carbonyl (C=O) groups excluding carboxylic acids is 2. The van der Waals surface area contributed by atoms with E-state index in [1.54, 1.807) is 11.0 Å². The third kappa shape index (κ3) is 5.97. The zero-order chi connectivity index (χ0) is 32.6. The lowest BCUT2D eigenvalue weighted by Gasteiger charge is -2.54. The van der Waals surface area contributed by atoms with Crippen LogP contribution in [-0.2, 0) is 19.6 Å². The number of nitrogens with zero attached hydrogens (tertiary/aromatic N) is 6. The summed E-state index contributed by atoms with van der Waals surface area (Å²) in [5.74, 6) is -2.36. The molecule has 0 radical (unpaired) electrons. The molecule has 3 aromatic heterocycles. The molecular formula is C31H29F2N7O5S. The second-order valence-electron chi connectivity index (χ2n) is 11.4. The number of ether oxygens (including phenoxy) is 1. The monoisotopic (exact) mass is 649 g/mol. The number of hydrogen-bond acceptors (Lipinski definition) is 10. The van der Waals surface area contributed by atoms with E-state index in [0.29, 0.717) is 42.1 Å². The minimum atomic E-state index is -4.71. The number of fused-ring (bicyclic) bond motifs is 1. The molecule has 0 saturated carbocycles. The number of halogens is 2. The predicted molar refractivity (Wildman–Crippen MR) is 165 cm³/mol. The summed E-state index contributed by atoms with van der Waals surface area (Å²) in [6.07, 6.45) is 8.56. The molecule has 4 aromatic rings. The van der Waals surface area contributed by atoms with Crippen molar-refractivity contribution in [3.63, 3.8) is 0 Å². The Morgan fingerprint density at radius 3 is 2.37 bits per heavy atom. The zero-order valence-electron chi connectivity index (χ0n) is 24.9. The number of hydrogen-bond donors (Lipinski definition) is 1. The fourth-order valence-corrected chi connectivity index (χ4v) is 7.05. The Hall–Kier alpha value is -5.05. The molecule has 0 atom stereocenters. The molecule has 2 saturated heterocycles. The highest BCUT2D eigenvalue weighted by atomic mass is 32.2. The normalized spacial score (nSPS) is 16.1. The average molecular weight is 650 g/mol. The maximum absolute atomic E-state index is 14.3. The summed E-state index contributed by atoms with van der Waals surface area (Å²) in [5.41, 5.74) is 1.79. The van der Waals surface area contributed by atoms with Gasteiger partial charge in [0.05, 0.1) is 25.0 Å². The van der Waals surface area contributed by atoms with Gasteiger partial charge in [-0.3, -0.25) is 19.3 Å². The molecule has 5 heterocycles. The van der Waals surface area contributed by atoms with Crippen molar-refractivity contribution in [1.82, 2.24) is 24.8 Å². The van der Waals surface area contributed by atoms with Crippen LogP contribution in [-0.4, -0.2) is 78.2 Å². The molecule has 2 aliphatic heterocycles. The number of amides is 1. The standard InChI is InChI=1S/C31H29F2N7O5S/c1-19(41)3-6-27(42)40-16-31(17-40)7-9-39(10-8-31)29-22-11-20(4-5-25(22)36-18-37-29)21-12-26(30(45-2)35-13-21)38-46(43,44)28-23(32)14-34-15-24(28)33/h3-6,11-15,18,38H,7-10,16-17H2,1-2H3/b6-3+. The number of aromatic nitrogens is 4. The summed E-state index contributed by atoms with van der Waals surface area (Å²) in [6.45, 7) is 4.14. The SMILES string of the molecule is COc1ncc(-c2ccc3ncnc(N4CCC5(CC4)CN(C(=O)/C=C/C(C)=O)C5)c3c2)cc1NS(=O)(=O)c1c(F)cncc1F. The van der Waals surface area contributed by atoms with Gasteiger partial charge >= 0.3 is 0 Å². The fourth-order valence-electron chi connectivity index (χ4n) is 5.89. The van der Waals surface area contributed by atoms with Gasteiger partial charge in [-0.05, 0) is 49.6 Å². The van der Waals surface area contributed by atoms with E-state index in [4.69, 9.17) is 4.74 Å². The number of pyridine rings is 2. The second kappa shape index (κ2) is 12.0. The first kappa shape index (κ1) is 31.0. The largest absolute Gasteiger partial charge is 0.480 e. The van der Waals surface area contributed by atoms with E-state index in [1.165, 1.54) is 44.8 Å². The Morgan fingerprint density at radius 1 is 0.978 bits per heavy atom. The number of allylic oxidation sites excluding steroid dienone is 1. The van der Waals surface area contributed by atoms with Crippen LogP contribution in [0.2, 0.25) is 0 Å². The topological polar surface area (TPSA) is 148 Å². The molecule has 15 heteroatoms. The molecule has 2 aliphatic rings. The lowest BCUT2D eigenvalue weighted by atomic mass is 9.72. The van der Waals surface area contributed by atoms with E-state index in [9.17, 15) is 26.8 Å². The van der Waals surface area contributed by atoms with Crippen molar-refractivity contribution in [3.05, 3.63) is 73.0 Å². The van der Waals surface area contributed by atoms with Crippen LogP contribution in [0.1, 0.15) is 19.8 Å². The Labute approximate surface area is 263 Å². The van der Waals surface area contributed by atoms with Crippen LogP contribution in [0.5, 0.6) is 5.88 Å². The van der Waals surface area contributed by atoms with Gasteiger partial charge in [0.25, 0.3) is 10.0 Å². The van der Waals surface area contributed by atoms with Crippen molar-refractivity contribution in [2.24, 2.45) is 5.41 Å². The molecule has 0 bridgehead atoms. The van der Waals surface area contributed by atoms with Crippen molar-refractivity contribution in [3.8, 4) is 17.0 Å². The van der Waals surface area contributed by atoms with E-state index >= 15 is 0 Å². The maximum Gasteiger partial charge on any atom is 0.268 e. The van der Waals surface area contributed by atoms with E-state index in [2.05, 4.69) is 29.6 Å². The van der Waals surface area contributed by atoms with Crippen molar-refractivity contribution in [2.45, 2.75) is 24.7 Å². The first-order valence-electron chi connectivity index (χ1n) is 14.3. The smallest absolute Gasteiger partial charge is 0.268 e. The number of nitrogens with one attached hydrogen (secondary N) is 1. The molecule has 0 aliphatic carbocycles. The minimum Gasteiger partial charge on any atom is -0.480 e. The van der Waals surface area contributed by atoms with Gasteiger partial charge in [-0.1, -0.05) is 6.07 Å². The van der Waals surface area contributed by atoms with Gasteiger partial charge in [0.1, 0.15) is 17.8 Å². The number of ketones is 1. The van der Waals surface area contributed by atoms with Gasteiger partial charge < -0.3 is 14.5 Å². The van der Waals surface area contributed by atoms with Crippen molar-refractivity contribution >= 4 is 44.1 Å². The van der Waals surface area contributed by atoms with Crippen molar-refractivity contribution in [2.75, 3.05) is 42.9 Å². The summed E-state index contributed by atoms with van der Waals surface area (Å²) in [5, 5.41) is 0.773. The molecule has 238 valence electrons. The molecule has 12 nitrogen and oxygen atoms in total. The molecule has 2 fully saturated rings. The Kier molecular flexibility index (Phi) is 8.10. The number of carbonyl (C=O) groups is 2. The van der Waals surface area contributed by atoms with Gasteiger partial charge in [-0.2, -0.15) is 0 Å². The molecule has 6 rings (SSSR count). The van der Waals surface area contributed by atoms with Gasteiger partial charge in [0.2, 0.25) is 11.8 Å². The van der Waals surface area contributed by atoms with Crippen LogP contribution in [0.3, 0.4) is 0 Å². The fraction of sp³-hybridized carbons (Fsp3) is 0.290. The lowest BCUT2D eigenvalue weighted by Crippen LogP contribution is -2.61. The third-order valence-corrected chi connectivity index (χ3v) is 9.68. The number of sulfonamides is 1. The number of methoxy groups -OCH3 is 1. The number of benzene rings is 1. The number of anilines is 2. The first-order valence-corrected chi connectivity index (χ1v) is 15.8. The minimum absolute atomic E-state index is 0.0326. The zero-order valence-corrected chi connectivity index (χ0v) is 25.7. The first-order chi connectivity index (χ1) is 22.0.